The Kier molecular flexibility index (Phi) is 6.98. The number of amides is 2. The molecule has 0 aromatic heterocycles. The summed E-state index contributed by atoms with van der Waals surface area (Å²) in [6.07, 6.45) is 0.931. The van der Waals surface area contributed by atoms with Gasteiger partial charge < -0.3 is 19.7 Å². The number of anilines is 1. The number of carbonyl (C=O) groups excluding carboxylic acids is 2. The Labute approximate surface area is 178 Å². The Morgan fingerprint density at radius 1 is 1.17 bits per heavy atom. The third-order valence-corrected chi connectivity index (χ3v) is 5.39. The van der Waals surface area contributed by atoms with Gasteiger partial charge in [0.05, 0.1) is 12.2 Å². The first kappa shape index (κ1) is 21.7. The molecule has 6 heteroatoms. The number of ether oxygens (including phenoxy) is 2. The lowest BCUT2D eigenvalue weighted by atomic mass is 10.1. The van der Waals surface area contributed by atoms with Crippen molar-refractivity contribution in [1.29, 1.82) is 0 Å². The van der Waals surface area contributed by atoms with Gasteiger partial charge in [0, 0.05) is 6.04 Å². The predicted molar refractivity (Wildman–Crippen MR) is 117 cm³/mol. The summed E-state index contributed by atoms with van der Waals surface area (Å²) in [6.45, 7) is 8.03. The van der Waals surface area contributed by atoms with Crippen LogP contribution in [0, 0.1) is 13.8 Å². The van der Waals surface area contributed by atoms with Crippen molar-refractivity contribution in [2.24, 2.45) is 0 Å². The maximum absolute atomic E-state index is 13.0. The first-order valence-electron chi connectivity index (χ1n) is 10.5. The molecule has 160 valence electrons. The molecule has 1 aliphatic heterocycles. The van der Waals surface area contributed by atoms with Crippen molar-refractivity contribution in [3.63, 3.8) is 0 Å². The lowest BCUT2D eigenvalue weighted by molar-refractivity contribution is -0.129. The number of benzene rings is 2. The van der Waals surface area contributed by atoms with E-state index in [4.69, 9.17) is 9.47 Å². The smallest absolute Gasteiger partial charge is 0.265 e. The van der Waals surface area contributed by atoms with Gasteiger partial charge in [-0.05, 0) is 56.0 Å². The third-order valence-electron chi connectivity index (χ3n) is 5.39. The quantitative estimate of drug-likeness (QED) is 0.754. The normalized spacial score (nSPS) is 15.4. The van der Waals surface area contributed by atoms with E-state index in [2.05, 4.69) is 5.32 Å². The molecule has 2 aromatic carbocycles. The van der Waals surface area contributed by atoms with Crippen LogP contribution in [-0.4, -0.2) is 37.1 Å². The molecule has 0 saturated heterocycles. The van der Waals surface area contributed by atoms with Crippen LogP contribution in [0.2, 0.25) is 0 Å². The average molecular weight is 411 g/mol. The Balaban J connectivity index is 1.75. The standard InChI is InChI=1S/C24H30N2O4/c1-5-18(6-2)25-24(28)22-14-26(19-9-7-8-10-20(19)30-22)23(27)15-29-21-13-16(3)11-12-17(21)4/h7-13,18,22H,5-6,14-15H2,1-4H3,(H,25,28). The molecule has 1 unspecified atom stereocenters. The van der Waals surface area contributed by atoms with Crippen molar-refractivity contribution in [2.75, 3.05) is 18.1 Å². The van der Waals surface area contributed by atoms with E-state index in [0.29, 0.717) is 17.2 Å². The molecule has 30 heavy (non-hydrogen) atoms. The van der Waals surface area contributed by atoms with E-state index in [-0.39, 0.29) is 31.0 Å². The highest BCUT2D eigenvalue weighted by Crippen LogP contribution is 2.33. The van der Waals surface area contributed by atoms with Gasteiger partial charge in [-0.1, -0.05) is 38.1 Å². The number of carbonyl (C=O) groups is 2. The number of hydrogen-bond acceptors (Lipinski definition) is 4. The minimum absolute atomic E-state index is 0.0926. The van der Waals surface area contributed by atoms with Crippen LogP contribution < -0.4 is 19.7 Å². The Morgan fingerprint density at radius 3 is 2.63 bits per heavy atom. The summed E-state index contributed by atoms with van der Waals surface area (Å²) >= 11 is 0. The lowest BCUT2D eigenvalue weighted by Gasteiger charge is -2.34. The molecule has 1 atom stereocenters. The SMILES string of the molecule is CCC(CC)NC(=O)C1CN(C(=O)COc2cc(C)ccc2C)c2ccccc2O1. The zero-order chi connectivity index (χ0) is 21.7. The summed E-state index contributed by atoms with van der Waals surface area (Å²) in [5.74, 6) is 0.792. The molecule has 6 nitrogen and oxygen atoms in total. The highest BCUT2D eigenvalue weighted by atomic mass is 16.5. The van der Waals surface area contributed by atoms with Crippen LogP contribution in [0.1, 0.15) is 37.8 Å². The van der Waals surface area contributed by atoms with Crippen LogP contribution in [0.4, 0.5) is 5.69 Å². The second-order valence-electron chi connectivity index (χ2n) is 7.66. The summed E-state index contributed by atoms with van der Waals surface area (Å²) in [4.78, 5) is 27.4. The Morgan fingerprint density at radius 2 is 1.90 bits per heavy atom. The molecule has 3 rings (SSSR count). The molecule has 1 N–H and O–H groups in total. The van der Waals surface area contributed by atoms with E-state index in [1.54, 1.807) is 11.0 Å². The zero-order valence-electron chi connectivity index (χ0n) is 18.1. The van der Waals surface area contributed by atoms with Gasteiger partial charge in [0.2, 0.25) is 0 Å². The van der Waals surface area contributed by atoms with E-state index >= 15 is 0 Å². The van der Waals surface area contributed by atoms with E-state index in [1.165, 1.54) is 0 Å². The van der Waals surface area contributed by atoms with Gasteiger partial charge in [0.25, 0.3) is 11.8 Å². The van der Waals surface area contributed by atoms with Gasteiger partial charge in [-0.3, -0.25) is 9.59 Å². The molecule has 1 heterocycles. The van der Waals surface area contributed by atoms with Crippen LogP contribution in [0.5, 0.6) is 11.5 Å². The van der Waals surface area contributed by atoms with Crippen LogP contribution in [-0.2, 0) is 9.59 Å². The zero-order valence-corrected chi connectivity index (χ0v) is 18.1. The highest BCUT2D eigenvalue weighted by molar-refractivity contribution is 5.98. The number of aryl methyl sites for hydroxylation is 2. The van der Waals surface area contributed by atoms with Crippen molar-refractivity contribution in [1.82, 2.24) is 5.32 Å². The predicted octanol–water partition coefficient (Wildman–Crippen LogP) is 3.78. The van der Waals surface area contributed by atoms with Crippen molar-refractivity contribution in [3.05, 3.63) is 53.6 Å². The van der Waals surface area contributed by atoms with Gasteiger partial charge >= 0.3 is 0 Å². The molecule has 0 fully saturated rings. The van der Waals surface area contributed by atoms with Gasteiger partial charge in [0.1, 0.15) is 11.5 Å². The topological polar surface area (TPSA) is 67.9 Å². The van der Waals surface area contributed by atoms with Crippen LogP contribution >= 0.6 is 0 Å². The first-order valence-corrected chi connectivity index (χ1v) is 10.5. The molecular formula is C24H30N2O4. The fraction of sp³-hybridized carbons (Fsp3) is 0.417. The number of nitrogens with one attached hydrogen (secondary N) is 1. The summed E-state index contributed by atoms with van der Waals surface area (Å²) in [5.41, 5.74) is 2.69. The van der Waals surface area contributed by atoms with Crippen molar-refractivity contribution in [3.8, 4) is 11.5 Å². The average Bonchev–Trinajstić information content (AvgIpc) is 2.76. The lowest BCUT2D eigenvalue weighted by Crippen LogP contribution is -2.53. The fourth-order valence-electron chi connectivity index (χ4n) is 3.47. The number of rotatable bonds is 7. The van der Waals surface area contributed by atoms with E-state index in [9.17, 15) is 9.59 Å². The Hall–Kier alpha value is -3.02. The molecule has 0 aliphatic carbocycles. The van der Waals surface area contributed by atoms with Gasteiger partial charge in [-0.15, -0.1) is 0 Å². The van der Waals surface area contributed by atoms with E-state index < -0.39 is 6.10 Å². The number of fused-ring (bicyclic) bond motifs is 1. The van der Waals surface area contributed by atoms with E-state index in [1.807, 2.05) is 64.1 Å². The minimum Gasteiger partial charge on any atom is -0.483 e. The number of para-hydroxylation sites is 2. The molecule has 2 amide bonds. The Bertz CT molecular complexity index is 908. The van der Waals surface area contributed by atoms with Gasteiger partial charge in [-0.25, -0.2) is 0 Å². The number of nitrogens with zero attached hydrogens (tertiary/aromatic N) is 1. The monoisotopic (exact) mass is 410 g/mol. The molecular weight excluding hydrogens is 380 g/mol. The molecule has 0 saturated carbocycles. The van der Waals surface area contributed by atoms with Crippen molar-refractivity contribution in [2.45, 2.75) is 52.7 Å². The summed E-state index contributed by atoms with van der Waals surface area (Å²) in [5, 5.41) is 3.01. The van der Waals surface area contributed by atoms with Crippen LogP contribution in [0.25, 0.3) is 0 Å². The maximum Gasteiger partial charge on any atom is 0.265 e. The van der Waals surface area contributed by atoms with Crippen LogP contribution in [0.15, 0.2) is 42.5 Å². The van der Waals surface area contributed by atoms with Crippen LogP contribution in [0.3, 0.4) is 0 Å². The molecule has 2 aromatic rings. The second-order valence-corrected chi connectivity index (χ2v) is 7.66. The fourth-order valence-corrected chi connectivity index (χ4v) is 3.47. The first-order chi connectivity index (χ1) is 14.4. The van der Waals surface area contributed by atoms with Crippen molar-refractivity contribution < 1.29 is 19.1 Å². The maximum atomic E-state index is 13.0. The molecule has 0 radical (unpaired) electrons. The largest absolute Gasteiger partial charge is 0.483 e. The minimum atomic E-state index is -0.759. The van der Waals surface area contributed by atoms with Gasteiger partial charge in [0.15, 0.2) is 12.7 Å². The number of hydrogen-bond donors (Lipinski definition) is 1. The summed E-state index contributed by atoms with van der Waals surface area (Å²) in [7, 11) is 0. The summed E-state index contributed by atoms with van der Waals surface area (Å²) in [6, 6.07) is 13.3. The third kappa shape index (κ3) is 4.93. The molecule has 0 bridgehead atoms. The summed E-state index contributed by atoms with van der Waals surface area (Å²) < 4.78 is 11.7. The van der Waals surface area contributed by atoms with E-state index in [0.717, 1.165) is 24.0 Å². The second kappa shape index (κ2) is 9.65. The van der Waals surface area contributed by atoms with Gasteiger partial charge in [-0.2, -0.15) is 0 Å². The highest BCUT2D eigenvalue weighted by Gasteiger charge is 2.34. The van der Waals surface area contributed by atoms with Crippen molar-refractivity contribution >= 4 is 17.5 Å². The molecule has 1 aliphatic rings. The molecule has 0 spiro atoms.